The summed E-state index contributed by atoms with van der Waals surface area (Å²) in [5.74, 6) is -1.63. The van der Waals surface area contributed by atoms with Crippen LogP contribution in [0.1, 0.15) is 239 Å². The van der Waals surface area contributed by atoms with Crippen molar-refractivity contribution < 1.29 is 75.8 Å². The molecule has 83 heavy (non-hydrogen) atoms. The Morgan fingerprint density at radius 2 is 0.663 bits per heavy atom. The van der Waals surface area contributed by atoms with E-state index in [1.807, 2.05) is 0 Å². The minimum Gasteiger partial charge on any atom is -0.463 e. The van der Waals surface area contributed by atoms with Crippen molar-refractivity contribution in [2.45, 2.75) is 257 Å². The van der Waals surface area contributed by atoms with Gasteiger partial charge in [-0.05, 0) is 96.3 Å². The highest BCUT2D eigenvalue weighted by molar-refractivity contribution is 7.47. The molecule has 0 aromatic rings. The van der Waals surface area contributed by atoms with Gasteiger partial charge in [-0.15, -0.1) is 0 Å². The van der Waals surface area contributed by atoms with Crippen LogP contribution in [0.25, 0.3) is 0 Å². The van der Waals surface area contributed by atoms with Crippen LogP contribution in [-0.2, 0) is 55.8 Å². The lowest BCUT2D eigenvalue weighted by atomic mass is 10.0. The molecule has 18 heteroatoms. The van der Waals surface area contributed by atoms with Crippen LogP contribution in [0.15, 0.2) is 97.2 Å². The van der Waals surface area contributed by atoms with Gasteiger partial charge in [-0.2, -0.15) is 0 Å². The van der Waals surface area contributed by atoms with Gasteiger partial charge >= 0.3 is 33.6 Å². The Labute approximate surface area is 501 Å². The highest BCUT2D eigenvalue weighted by Crippen LogP contribution is 2.45. The number of carbonyl (C=O) groups is 3. The first-order chi connectivity index (χ1) is 40.2. The number of hydrogen-bond donors (Lipinski definition) is 4. The summed E-state index contributed by atoms with van der Waals surface area (Å²) in [6.45, 7) is 2.40. The zero-order chi connectivity index (χ0) is 61.0. The number of hydrogen-bond acceptors (Lipinski definition) is 14. The number of rotatable bonds is 59. The lowest BCUT2D eigenvalue weighted by Gasteiger charge is -2.21. The first-order valence-corrected chi connectivity index (χ1v) is 34.5. The lowest BCUT2D eigenvalue weighted by Crippen LogP contribution is -2.30. The minimum absolute atomic E-state index is 0.103. The molecule has 0 aromatic carbocycles. The summed E-state index contributed by atoms with van der Waals surface area (Å²) in [6.07, 6.45) is 61.9. The van der Waals surface area contributed by atoms with Crippen molar-refractivity contribution in [3.63, 3.8) is 0 Å². The van der Waals surface area contributed by atoms with E-state index in [0.717, 1.165) is 128 Å². The van der Waals surface area contributed by atoms with E-state index in [2.05, 4.69) is 118 Å². The molecule has 0 aliphatic carbocycles. The van der Waals surface area contributed by atoms with Gasteiger partial charge in [0.05, 0.1) is 26.4 Å². The number of ether oxygens (including phenoxy) is 3. The van der Waals surface area contributed by atoms with Crippen molar-refractivity contribution in [1.82, 2.24) is 0 Å². The molecule has 0 radical (unpaired) electrons. The van der Waals surface area contributed by atoms with Crippen molar-refractivity contribution in [1.29, 1.82) is 0 Å². The molecule has 0 saturated heterocycles. The average molecular weight is 1210 g/mol. The standard InChI is InChI=1S/C65H112O16P2/c1-4-7-10-13-16-19-22-25-26-27-28-29-30-31-32-35-37-39-42-45-48-51-63(68)75-54-60(66)55-77-82(71,72)78-56-61(67)57-79-83(73,74)80-59-62(81-65(70)53-50-47-44-41-38-34-24-21-18-15-12-9-6-3)58-76-64(69)52-49-46-43-40-36-33-23-20-17-14-11-8-5-2/h7,10-11,14,16,19-20,23,25-26,28-29,31-32,37,39,60-62,66-67H,4-6,8-9,12-13,15,17-18,21-22,24,27,30,33-36,38,40-59H2,1-3H3,(H,71,72)(H,73,74)/b10-7-,14-11-,19-16-,23-20-,26-25-,29-28-,32-31-,39-37-. The van der Waals surface area contributed by atoms with E-state index in [1.165, 1.54) is 51.4 Å². The predicted octanol–water partition coefficient (Wildman–Crippen LogP) is 16.7. The number of aliphatic hydroxyl groups is 2. The lowest BCUT2D eigenvalue weighted by molar-refractivity contribution is -0.161. The van der Waals surface area contributed by atoms with E-state index in [1.54, 1.807) is 0 Å². The molecule has 478 valence electrons. The maximum absolute atomic E-state index is 12.9. The number of allylic oxidation sites excluding steroid dienone is 16. The van der Waals surface area contributed by atoms with Crippen LogP contribution in [-0.4, -0.2) is 95.9 Å². The number of phosphoric ester groups is 2. The second kappa shape index (κ2) is 58.8. The van der Waals surface area contributed by atoms with E-state index >= 15 is 0 Å². The Morgan fingerprint density at radius 1 is 0.349 bits per heavy atom. The topological polar surface area (TPSA) is 231 Å². The molecule has 0 fully saturated rings. The van der Waals surface area contributed by atoms with Gasteiger partial charge in [0.15, 0.2) is 6.10 Å². The van der Waals surface area contributed by atoms with Gasteiger partial charge in [-0.3, -0.25) is 32.5 Å². The molecule has 0 spiro atoms. The molecule has 4 N–H and O–H groups in total. The number of carbonyl (C=O) groups excluding carboxylic acids is 3. The van der Waals surface area contributed by atoms with Gasteiger partial charge in [0.25, 0.3) is 0 Å². The first-order valence-electron chi connectivity index (χ1n) is 31.5. The molecule has 5 atom stereocenters. The average Bonchev–Trinajstić information content (AvgIpc) is 3.47. The first kappa shape index (κ1) is 79.5. The van der Waals surface area contributed by atoms with Crippen molar-refractivity contribution in [3.05, 3.63) is 97.2 Å². The molecule has 0 aliphatic rings. The number of phosphoric acid groups is 2. The van der Waals surface area contributed by atoms with E-state index in [4.69, 9.17) is 32.3 Å². The summed E-state index contributed by atoms with van der Waals surface area (Å²) >= 11 is 0. The Balaban J connectivity index is 4.65. The van der Waals surface area contributed by atoms with Crippen LogP contribution in [0, 0.1) is 0 Å². The second-order valence-electron chi connectivity index (χ2n) is 20.8. The summed E-state index contributed by atoms with van der Waals surface area (Å²) in [7, 11) is -9.78. The van der Waals surface area contributed by atoms with Gasteiger partial charge in [0, 0.05) is 19.3 Å². The summed E-state index contributed by atoms with van der Waals surface area (Å²) in [4.78, 5) is 58.1. The smallest absolute Gasteiger partial charge is 0.463 e. The van der Waals surface area contributed by atoms with Gasteiger partial charge in [0.1, 0.15) is 25.4 Å². The Bertz CT molecular complexity index is 1910. The molecule has 0 rings (SSSR count). The molecule has 0 saturated carbocycles. The molecule has 0 amide bonds. The Hall–Kier alpha value is -3.53. The van der Waals surface area contributed by atoms with Gasteiger partial charge < -0.3 is 34.2 Å². The molecule has 5 unspecified atom stereocenters. The van der Waals surface area contributed by atoms with Crippen LogP contribution in [0.5, 0.6) is 0 Å². The summed E-state index contributed by atoms with van der Waals surface area (Å²) < 4.78 is 60.6. The minimum atomic E-state index is -4.92. The molecule has 0 bridgehead atoms. The molecule has 0 heterocycles. The Morgan fingerprint density at radius 3 is 1.08 bits per heavy atom. The van der Waals surface area contributed by atoms with Gasteiger partial charge in [0.2, 0.25) is 0 Å². The molecule has 0 aliphatic heterocycles. The number of unbranched alkanes of at least 4 members (excludes halogenated alkanes) is 20. The third kappa shape index (κ3) is 60.0. The number of aliphatic hydroxyl groups excluding tert-OH is 2. The fraction of sp³-hybridized carbons (Fsp3) is 0.708. The monoisotopic (exact) mass is 1210 g/mol. The van der Waals surface area contributed by atoms with Gasteiger partial charge in [-0.25, -0.2) is 9.13 Å². The van der Waals surface area contributed by atoms with E-state index in [-0.39, 0.29) is 19.3 Å². The highest BCUT2D eigenvalue weighted by Gasteiger charge is 2.29. The third-order valence-corrected chi connectivity index (χ3v) is 14.7. The maximum atomic E-state index is 12.9. The molecule has 16 nitrogen and oxygen atoms in total. The zero-order valence-electron chi connectivity index (χ0n) is 51.3. The SMILES string of the molecule is CC/C=C\C/C=C\C/C=C\C/C=C\C/C=C\C/C=C\CCCCC(=O)OCC(O)COP(=O)(O)OCC(O)COP(=O)(O)OCC(COC(=O)CCCCCCC/C=C\C/C=C\CCC)OC(=O)CCCCCCCCCCCCCCC. The molecular weight excluding hydrogens is 1100 g/mol. The maximum Gasteiger partial charge on any atom is 0.472 e. The fourth-order valence-electron chi connectivity index (χ4n) is 7.96. The summed E-state index contributed by atoms with van der Waals surface area (Å²) in [5, 5.41) is 20.5. The highest BCUT2D eigenvalue weighted by atomic mass is 31.2. The fourth-order valence-corrected chi connectivity index (χ4v) is 9.55. The normalized spacial score (nSPS) is 15.0. The quantitative estimate of drug-likeness (QED) is 0.0146. The second-order valence-corrected chi connectivity index (χ2v) is 23.7. The van der Waals surface area contributed by atoms with Crippen molar-refractivity contribution in [3.8, 4) is 0 Å². The summed E-state index contributed by atoms with van der Waals surface area (Å²) in [5.41, 5.74) is 0. The number of esters is 3. The van der Waals surface area contributed by atoms with Gasteiger partial charge in [-0.1, -0.05) is 221 Å². The van der Waals surface area contributed by atoms with E-state index in [0.29, 0.717) is 19.3 Å². The van der Waals surface area contributed by atoms with Crippen molar-refractivity contribution in [2.24, 2.45) is 0 Å². The summed E-state index contributed by atoms with van der Waals surface area (Å²) in [6, 6.07) is 0. The zero-order valence-corrected chi connectivity index (χ0v) is 53.1. The molecular formula is C65H112O16P2. The largest absolute Gasteiger partial charge is 0.472 e. The van der Waals surface area contributed by atoms with Crippen molar-refractivity contribution >= 4 is 33.6 Å². The predicted molar refractivity (Wildman–Crippen MR) is 334 cm³/mol. The van der Waals surface area contributed by atoms with E-state index < -0.39 is 91.5 Å². The molecule has 0 aromatic heterocycles. The Kier molecular flexibility index (Phi) is 56.3. The van der Waals surface area contributed by atoms with Crippen LogP contribution in [0.4, 0.5) is 0 Å². The van der Waals surface area contributed by atoms with Crippen LogP contribution < -0.4 is 0 Å². The van der Waals surface area contributed by atoms with Crippen molar-refractivity contribution in [2.75, 3.05) is 39.6 Å². The third-order valence-electron chi connectivity index (χ3n) is 12.8. The van der Waals surface area contributed by atoms with E-state index in [9.17, 15) is 43.5 Å². The van der Waals surface area contributed by atoms with Crippen LogP contribution in [0.3, 0.4) is 0 Å². The van der Waals surface area contributed by atoms with Crippen LogP contribution >= 0.6 is 15.6 Å². The van der Waals surface area contributed by atoms with Crippen LogP contribution in [0.2, 0.25) is 0 Å².